The van der Waals surface area contributed by atoms with Crippen LogP contribution < -0.4 is 0 Å². The summed E-state index contributed by atoms with van der Waals surface area (Å²) in [6.45, 7) is 5.17. The van der Waals surface area contributed by atoms with Gasteiger partial charge in [-0.05, 0) is 46.1 Å². The predicted octanol–water partition coefficient (Wildman–Crippen LogP) is 2.16. The maximum Gasteiger partial charge on any atom is 0.355 e. The lowest BCUT2D eigenvalue weighted by Gasteiger charge is -2.38. The van der Waals surface area contributed by atoms with Crippen molar-refractivity contribution in [2.24, 2.45) is 0 Å². The van der Waals surface area contributed by atoms with Gasteiger partial charge in [0, 0.05) is 23.8 Å². The second-order valence-electron chi connectivity index (χ2n) is 5.86. The van der Waals surface area contributed by atoms with E-state index >= 15 is 0 Å². The van der Waals surface area contributed by atoms with Crippen molar-refractivity contribution in [3.05, 3.63) is 23.5 Å². The number of carbonyl (C=O) groups excluding carboxylic acids is 3. The molecule has 1 aliphatic heterocycles. The Kier molecular flexibility index (Phi) is 5.00. The Morgan fingerprint density at radius 3 is 2.45 bits per heavy atom. The van der Waals surface area contributed by atoms with Crippen LogP contribution in [0.15, 0.2) is 12.3 Å². The van der Waals surface area contributed by atoms with Crippen molar-refractivity contribution in [2.75, 3.05) is 6.61 Å². The summed E-state index contributed by atoms with van der Waals surface area (Å²) in [7, 11) is 0. The van der Waals surface area contributed by atoms with Crippen LogP contribution in [0.3, 0.4) is 0 Å². The summed E-state index contributed by atoms with van der Waals surface area (Å²) in [6, 6.07) is 1.77. The molecule has 1 aromatic heterocycles. The number of nitrogens with zero attached hydrogens (tertiary/aromatic N) is 1. The topological polar surface area (TPSA) is 79.5 Å². The van der Waals surface area contributed by atoms with Crippen LogP contribution in [0.4, 0.5) is 0 Å². The van der Waals surface area contributed by atoms with Crippen LogP contribution in [0.5, 0.6) is 0 Å². The average molecular weight is 306 g/mol. The largest absolute Gasteiger partial charge is 0.451 e. The van der Waals surface area contributed by atoms with Crippen molar-refractivity contribution >= 4 is 17.7 Å². The summed E-state index contributed by atoms with van der Waals surface area (Å²) < 4.78 is 5.06. The van der Waals surface area contributed by atoms with E-state index in [0.717, 1.165) is 19.3 Å². The monoisotopic (exact) mass is 306 g/mol. The maximum atomic E-state index is 12.3. The summed E-state index contributed by atoms with van der Waals surface area (Å²) in [5.41, 5.74) is 0.592. The van der Waals surface area contributed by atoms with Gasteiger partial charge in [0.15, 0.2) is 12.4 Å². The van der Waals surface area contributed by atoms with Crippen LogP contribution in [-0.2, 0) is 9.53 Å². The fraction of sp³-hybridized carbons (Fsp3) is 0.562. The number of ether oxygens (including phenoxy) is 1. The van der Waals surface area contributed by atoms with Crippen molar-refractivity contribution in [3.63, 3.8) is 0 Å². The molecule has 6 nitrogen and oxygen atoms in total. The minimum absolute atomic E-state index is 0.137. The maximum absolute atomic E-state index is 12.3. The Balaban J connectivity index is 1.92. The number of carbonyl (C=O) groups is 3. The molecule has 1 amide bonds. The quantitative estimate of drug-likeness (QED) is 0.683. The van der Waals surface area contributed by atoms with E-state index in [-0.39, 0.29) is 36.1 Å². The first-order valence-electron chi connectivity index (χ1n) is 7.57. The van der Waals surface area contributed by atoms with E-state index in [0.29, 0.717) is 5.56 Å². The molecule has 0 radical (unpaired) electrons. The van der Waals surface area contributed by atoms with Crippen molar-refractivity contribution in [1.82, 2.24) is 9.88 Å². The summed E-state index contributed by atoms with van der Waals surface area (Å²) in [6.07, 6.45) is 4.52. The Morgan fingerprint density at radius 1 is 1.27 bits per heavy atom. The zero-order chi connectivity index (χ0) is 16.3. The third-order valence-corrected chi connectivity index (χ3v) is 4.12. The first-order valence-corrected chi connectivity index (χ1v) is 7.57. The minimum atomic E-state index is -0.627. The zero-order valence-corrected chi connectivity index (χ0v) is 13.2. The average Bonchev–Trinajstić information content (AvgIpc) is 2.94. The molecule has 0 bridgehead atoms. The van der Waals surface area contributed by atoms with Crippen molar-refractivity contribution in [2.45, 2.75) is 52.1 Å². The molecular weight excluding hydrogens is 284 g/mol. The van der Waals surface area contributed by atoms with Crippen LogP contribution in [-0.4, -0.2) is 46.2 Å². The number of hydrogen-bond acceptors (Lipinski definition) is 4. The zero-order valence-electron chi connectivity index (χ0n) is 13.2. The molecule has 120 valence electrons. The lowest BCUT2D eigenvalue weighted by molar-refractivity contribution is -0.140. The second kappa shape index (κ2) is 6.77. The molecule has 1 saturated heterocycles. The predicted molar refractivity (Wildman–Crippen MR) is 80.7 cm³/mol. The molecule has 1 aromatic rings. The van der Waals surface area contributed by atoms with Gasteiger partial charge in [-0.25, -0.2) is 4.79 Å². The number of amides is 1. The summed E-state index contributed by atoms with van der Waals surface area (Å²) in [4.78, 5) is 39.8. The number of nitrogens with one attached hydrogen (secondary N) is 1. The standard InChI is InChI=1S/C16H22N2O4/c1-10-5-4-6-11(2)18(10)15(20)9-22-16(21)14-7-13(8-17-14)12(3)19/h7-8,10-11,17H,4-6,9H2,1-3H3/t10-,11-/m0/s1. The highest BCUT2D eigenvalue weighted by Crippen LogP contribution is 2.22. The number of Topliss-reactive ketones (excluding diaryl/α,β-unsaturated/α-hetero) is 1. The second-order valence-corrected chi connectivity index (χ2v) is 5.86. The fourth-order valence-electron chi connectivity index (χ4n) is 2.91. The molecule has 0 saturated carbocycles. The van der Waals surface area contributed by atoms with Crippen molar-refractivity contribution < 1.29 is 19.1 Å². The van der Waals surface area contributed by atoms with Crippen molar-refractivity contribution in [3.8, 4) is 0 Å². The number of hydrogen-bond donors (Lipinski definition) is 1. The van der Waals surface area contributed by atoms with Crippen molar-refractivity contribution in [1.29, 1.82) is 0 Å². The number of aromatic amines is 1. The summed E-state index contributed by atoms with van der Waals surface area (Å²) in [5, 5.41) is 0. The third-order valence-electron chi connectivity index (χ3n) is 4.12. The summed E-state index contributed by atoms with van der Waals surface area (Å²) >= 11 is 0. The number of piperidine rings is 1. The normalized spacial score (nSPS) is 21.5. The lowest BCUT2D eigenvalue weighted by atomic mass is 9.97. The molecule has 0 aromatic carbocycles. The van der Waals surface area contributed by atoms with E-state index in [9.17, 15) is 14.4 Å². The fourth-order valence-corrected chi connectivity index (χ4v) is 2.91. The Morgan fingerprint density at radius 2 is 1.91 bits per heavy atom. The Hall–Kier alpha value is -2.11. The van der Waals surface area contributed by atoms with Gasteiger partial charge in [-0.1, -0.05) is 0 Å². The van der Waals surface area contributed by atoms with Crippen LogP contribution in [0.1, 0.15) is 60.9 Å². The minimum Gasteiger partial charge on any atom is -0.451 e. The van der Waals surface area contributed by atoms with Gasteiger partial charge in [0.1, 0.15) is 5.69 Å². The van der Waals surface area contributed by atoms with Gasteiger partial charge in [0.05, 0.1) is 0 Å². The van der Waals surface area contributed by atoms with Gasteiger partial charge in [0.2, 0.25) is 0 Å². The van der Waals surface area contributed by atoms with Crippen LogP contribution in [0.2, 0.25) is 0 Å². The number of ketones is 1. The van der Waals surface area contributed by atoms with Gasteiger partial charge in [-0.3, -0.25) is 9.59 Å². The molecule has 6 heteroatoms. The molecule has 0 aliphatic carbocycles. The smallest absolute Gasteiger partial charge is 0.355 e. The molecule has 0 unspecified atom stereocenters. The highest BCUT2D eigenvalue weighted by molar-refractivity contribution is 5.97. The lowest BCUT2D eigenvalue weighted by Crippen LogP contribution is -2.49. The molecule has 0 spiro atoms. The molecule has 1 N–H and O–H groups in total. The molecule has 1 fully saturated rings. The van der Waals surface area contributed by atoms with Gasteiger partial charge in [-0.2, -0.15) is 0 Å². The number of esters is 1. The van der Waals surface area contributed by atoms with E-state index in [2.05, 4.69) is 4.98 Å². The van der Waals surface area contributed by atoms with Gasteiger partial charge in [0.25, 0.3) is 5.91 Å². The number of rotatable bonds is 4. The number of aromatic nitrogens is 1. The van der Waals surface area contributed by atoms with E-state index in [4.69, 9.17) is 4.74 Å². The highest BCUT2D eigenvalue weighted by Gasteiger charge is 2.29. The SMILES string of the molecule is CC(=O)c1c[nH]c(C(=O)OCC(=O)N2[C@@H](C)CCC[C@@H]2C)c1. The number of likely N-dealkylation sites (tertiary alicyclic amines) is 1. The molecular formula is C16H22N2O4. The van der Waals surface area contributed by atoms with Crippen LogP contribution >= 0.6 is 0 Å². The highest BCUT2D eigenvalue weighted by atomic mass is 16.5. The molecule has 2 rings (SSSR count). The van der Waals surface area contributed by atoms with E-state index in [1.807, 2.05) is 13.8 Å². The first-order chi connectivity index (χ1) is 10.4. The Labute approximate surface area is 129 Å². The molecule has 2 atom stereocenters. The van der Waals surface area contributed by atoms with E-state index in [1.165, 1.54) is 19.2 Å². The Bertz CT molecular complexity index is 568. The molecule has 1 aliphatic rings. The molecule has 22 heavy (non-hydrogen) atoms. The van der Waals surface area contributed by atoms with E-state index in [1.54, 1.807) is 4.90 Å². The number of H-pyrrole nitrogens is 1. The van der Waals surface area contributed by atoms with Gasteiger partial charge < -0.3 is 14.6 Å². The van der Waals surface area contributed by atoms with Gasteiger partial charge in [-0.15, -0.1) is 0 Å². The van der Waals surface area contributed by atoms with Crippen LogP contribution in [0.25, 0.3) is 0 Å². The third kappa shape index (κ3) is 3.55. The molecule has 2 heterocycles. The first kappa shape index (κ1) is 16.3. The summed E-state index contributed by atoms with van der Waals surface area (Å²) in [5.74, 6) is -0.938. The van der Waals surface area contributed by atoms with E-state index < -0.39 is 5.97 Å². The van der Waals surface area contributed by atoms with Crippen LogP contribution in [0, 0.1) is 0 Å². The van der Waals surface area contributed by atoms with Gasteiger partial charge >= 0.3 is 5.97 Å².